The van der Waals surface area contributed by atoms with Gasteiger partial charge in [0.1, 0.15) is 5.82 Å². The molecule has 1 aromatic carbocycles. The minimum absolute atomic E-state index is 0.0499. The van der Waals surface area contributed by atoms with Gasteiger partial charge in [0.2, 0.25) is 5.91 Å². The lowest BCUT2D eigenvalue weighted by Crippen LogP contribution is -2.37. The predicted molar refractivity (Wildman–Crippen MR) is 97.8 cm³/mol. The first kappa shape index (κ1) is 17.1. The summed E-state index contributed by atoms with van der Waals surface area (Å²) in [5, 5.41) is 4.32. The summed E-state index contributed by atoms with van der Waals surface area (Å²) in [6.07, 6.45) is 3.75. The fourth-order valence-corrected chi connectivity index (χ4v) is 3.40. The van der Waals surface area contributed by atoms with Crippen molar-refractivity contribution >= 4 is 34.9 Å². The number of amides is 1. The summed E-state index contributed by atoms with van der Waals surface area (Å²) in [5.41, 5.74) is 0.942. The van der Waals surface area contributed by atoms with Gasteiger partial charge in [-0.25, -0.2) is 4.98 Å². The summed E-state index contributed by atoms with van der Waals surface area (Å²) in [6, 6.07) is 11.4. The third-order valence-electron chi connectivity index (χ3n) is 4.16. The number of benzene rings is 1. The van der Waals surface area contributed by atoms with Crippen LogP contribution in [0.4, 0.5) is 5.82 Å². The van der Waals surface area contributed by atoms with E-state index in [9.17, 15) is 4.79 Å². The molecule has 2 heterocycles. The molecule has 126 valence electrons. The molecule has 6 heteroatoms. The summed E-state index contributed by atoms with van der Waals surface area (Å²) in [7, 11) is 0. The van der Waals surface area contributed by atoms with Gasteiger partial charge >= 0.3 is 0 Å². The maximum atomic E-state index is 12.2. The van der Waals surface area contributed by atoms with E-state index in [1.54, 1.807) is 18.3 Å². The monoisotopic (exact) mass is 363 g/mol. The zero-order valence-electron chi connectivity index (χ0n) is 13.2. The van der Waals surface area contributed by atoms with Gasteiger partial charge in [-0.1, -0.05) is 35.3 Å². The van der Waals surface area contributed by atoms with Crippen LogP contribution in [0.2, 0.25) is 10.0 Å². The highest BCUT2D eigenvalue weighted by Gasteiger charge is 2.24. The van der Waals surface area contributed by atoms with Crippen molar-refractivity contribution in [2.45, 2.75) is 25.3 Å². The number of carbonyl (C=O) groups excluding carboxylic acids is 1. The van der Waals surface area contributed by atoms with Crippen LogP contribution >= 0.6 is 23.2 Å². The van der Waals surface area contributed by atoms with Gasteiger partial charge in [-0.05, 0) is 42.7 Å². The number of nitrogens with zero attached hydrogens (tertiary/aromatic N) is 2. The van der Waals surface area contributed by atoms with Crippen molar-refractivity contribution in [1.29, 1.82) is 0 Å². The van der Waals surface area contributed by atoms with E-state index in [0.717, 1.165) is 30.9 Å². The number of aromatic nitrogens is 1. The van der Waals surface area contributed by atoms with Crippen LogP contribution in [0.25, 0.3) is 0 Å². The Kier molecular flexibility index (Phi) is 5.59. The van der Waals surface area contributed by atoms with Gasteiger partial charge in [0.15, 0.2) is 0 Å². The number of halogens is 2. The Bertz CT molecular complexity index is 709. The molecular weight excluding hydrogens is 345 g/mol. The molecule has 1 atom stereocenters. The second-order valence-electron chi connectivity index (χ2n) is 5.92. The Morgan fingerprint density at radius 2 is 2.17 bits per heavy atom. The molecule has 0 spiro atoms. The van der Waals surface area contributed by atoms with Crippen LogP contribution in [0, 0.1) is 0 Å². The minimum Gasteiger partial charge on any atom is -0.354 e. The Labute approximate surface area is 151 Å². The van der Waals surface area contributed by atoms with Gasteiger partial charge in [-0.15, -0.1) is 0 Å². The molecule has 0 radical (unpaired) electrons. The molecular formula is C18H19Cl2N3O. The van der Waals surface area contributed by atoms with Crippen molar-refractivity contribution < 1.29 is 4.79 Å². The lowest BCUT2D eigenvalue weighted by Gasteiger charge is -2.17. The van der Waals surface area contributed by atoms with Gasteiger partial charge in [-0.3, -0.25) is 4.79 Å². The molecule has 0 aliphatic carbocycles. The number of pyridine rings is 1. The highest BCUT2D eigenvalue weighted by atomic mass is 35.5. The van der Waals surface area contributed by atoms with E-state index in [-0.39, 0.29) is 11.9 Å². The van der Waals surface area contributed by atoms with Gasteiger partial charge < -0.3 is 10.2 Å². The molecule has 1 unspecified atom stereocenters. The third kappa shape index (κ3) is 4.40. The summed E-state index contributed by atoms with van der Waals surface area (Å²) in [6.45, 7) is 1.70. The standard InChI is InChI=1S/C18H19Cl2N3O/c19-14-6-4-13(16(20)11-14)5-7-18(24)22-15-8-10-23(12-15)17-3-1-2-9-21-17/h1-4,6,9,11,15H,5,7-8,10,12H2,(H,22,24). The molecule has 1 N–H and O–H groups in total. The van der Waals surface area contributed by atoms with Crippen LogP contribution in [-0.2, 0) is 11.2 Å². The van der Waals surface area contributed by atoms with Crippen molar-refractivity contribution in [3.05, 3.63) is 58.2 Å². The van der Waals surface area contributed by atoms with E-state index < -0.39 is 0 Å². The highest BCUT2D eigenvalue weighted by molar-refractivity contribution is 6.35. The molecule has 1 fully saturated rings. The van der Waals surface area contributed by atoms with Crippen molar-refractivity contribution in [2.24, 2.45) is 0 Å². The molecule has 2 aromatic rings. The number of hydrogen-bond donors (Lipinski definition) is 1. The highest BCUT2D eigenvalue weighted by Crippen LogP contribution is 2.22. The first-order valence-corrected chi connectivity index (χ1v) is 8.76. The minimum atomic E-state index is 0.0499. The molecule has 24 heavy (non-hydrogen) atoms. The number of nitrogens with one attached hydrogen (secondary N) is 1. The fraction of sp³-hybridized carbons (Fsp3) is 0.333. The summed E-state index contributed by atoms with van der Waals surface area (Å²) in [5.74, 6) is 1.01. The quantitative estimate of drug-likeness (QED) is 0.880. The first-order chi connectivity index (χ1) is 11.6. The van der Waals surface area contributed by atoms with Crippen LogP contribution in [0.5, 0.6) is 0 Å². The van der Waals surface area contributed by atoms with E-state index >= 15 is 0 Å². The molecule has 1 aromatic heterocycles. The molecule has 0 saturated carbocycles. The number of rotatable bonds is 5. The Morgan fingerprint density at radius 1 is 1.29 bits per heavy atom. The number of carbonyl (C=O) groups is 1. The van der Waals surface area contributed by atoms with Crippen molar-refractivity contribution in [3.8, 4) is 0 Å². The van der Waals surface area contributed by atoms with Crippen molar-refractivity contribution in [2.75, 3.05) is 18.0 Å². The lowest BCUT2D eigenvalue weighted by atomic mass is 10.1. The molecule has 1 saturated heterocycles. The zero-order chi connectivity index (χ0) is 16.9. The largest absolute Gasteiger partial charge is 0.354 e. The van der Waals surface area contributed by atoms with Crippen LogP contribution < -0.4 is 10.2 Å². The number of hydrogen-bond acceptors (Lipinski definition) is 3. The van der Waals surface area contributed by atoms with Gasteiger partial charge in [0.05, 0.1) is 0 Å². The van der Waals surface area contributed by atoms with Gasteiger partial charge in [-0.2, -0.15) is 0 Å². The zero-order valence-corrected chi connectivity index (χ0v) is 14.7. The SMILES string of the molecule is O=C(CCc1ccc(Cl)cc1Cl)NC1CCN(c2ccccn2)C1. The van der Waals surface area contributed by atoms with E-state index in [1.165, 1.54) is 0 Å². The first-order valence-electron chi connectivity index (χ1n) is 8.01. The average molecular weight is 364 g/mol. The molecule has 0 bridgehead atoms. The van der Waals surface area contributed by atoms with Crippen LogP contribution in [0.3, 0.4) is 0 Å². The second-order valence-corrected chi connectivity index (χ2v) is 6.77. The molecule has 1 aliphatic rings. The maximum Gasteiger partial charge on any atom is 0.220 e. The number of anilines is 1. The van der Waals surface area contributed by atoms with E-state index in [1.807, 2.05) is 24.3 Å². The van der Waals surface area contributed by atoms with Crippen LogP contribution in [0.15, 0.2) is 42.6 Å². The average Bonchev–Trinajstić information content (AvgIpc) is 3.03. The Morgan fingerprint density at radius 3 is 2.92 bits per heavy atom. The van der Waals surface area contributed by atoms with E-state index in [0.29, 0.717) is 22.9 Å². The number of aryl methyl sites for hydroxylation is 1. The smallest absolute Gasteiger partial charge is 0.220 e. The van der Waals surface area contributed by atoms with Crippen LogP contribution in [-0.4, -0.2) is 30.0 Å². The van der Waals surface area contributed by atoms with Crippen LogP contribution in [0.1, 0.15) is 18.4 Å². The second kappa shape index (κ2) is 7.86. The summed E-state index contributed by atoms with van der Waals surface area (Å²) < 4.78 is 0. The lowest BCUT2D eigenvalue weighted by molar-refractivity contribution is -0.121. The summed E-state index contributed by atoms with van der Waals surface area (Å²) >= 11 is 12.0. The van der Waals surface area contributed by atoms with E-state index in [4.69, 9.17) is 23.2 Å². The van der Waals surface area contributed by atoms with Gasteiger partial charge in [0, 0.05) is 41.8 Å². The molecule has 1 aliphatic heterocycles. The summed E-state index contributed by atoms with van der Waals surface area (Å²) in [4.78, 5) is 18.7. The molecule has 1 amide bonds. The Hall–Kier alpha value is -1.78. The topological polar surface area (TPSA) is 45.2 Å². The van der Waals surface area contributed by atoms with E-state index in [2.05, 4.69) is 15.2 Å². The van der Waals surface area contributed by atoms with Gasteiger partial charge in [0.25, 0.3) is 0 Å². The third-order valence-corrected chi connectivity index (χ3v) is 4.75. The predicted octanol–water partition coefficient (Wildman–Crippen LogP) is 3.72. The fourth-order valence-electron chi connectivity index (χ4n) is 2.90. The van der Waals surface area contributed by atoms with Crippen molar-refractivity contribution in [1.82, 2.24) is 10.3 Å². The van der Waals surface area contributed by atoms with Crippen molar-refractivity contribution in [3.63, 3.8) is 0 Å². The normalized spacial score (nSPS) is 17.1. The maximum absolute atomic E-state index is 12.2. The Balaban J connectivity index is 1.47. The molecule has 4 nitrogen and oxygen atoms in total. The molecule has 3 rings (SSSR count).